The highest BCUT2D eigenvalue weighted by atomic mass is 19.1. The minimum absolute atomic E-state index is 0.169. The largest absolute Gasteiger partial charge is 0.371 e. The quantitative estimate of drug-likeness (QED) is 0.871. The molecular formula is C14H18FN3. The molecular weight excluding hydrogens is 229 g/mol. The Morgan fingerprint density at radius 1 is 1.33 bits per heavy atom. The van der Waals surface area contributed by atoms with Gasteiger partial charge in [0.1, 0.15) is 5.82 Å². The maximum Gasteiger partial charge on any atom is 0.126 e. The van der Waals surface area contributed by atoms with Crippen LogP contribution in [0.3, 0.4) is 0 Å². The Hall–Kier alpha value is -1.60. The number of hydrogen-bond donors (Lipinski definition) is 1. The van der Waals surface area contributed by atoms with Gasteiger partial charge in [0.25, 0.3) is 0 Å². The topological polar surface area (TPSA) is 39.1 Å². The molecule has 96 valence electrons. The van der Waals surface area contributed by atoms with Crippen LogP contribution in [0, 0.1) is 17.1 Å². The molecule has 0 aliphatic carbocycles. The zero-order valence-electron chi connectivity index (χ0n) is 10.8. The van der Waals surface area contributed by atoms with Crippen LogP contribution < -0.4 is 10.2 Å². The molecule has 1 heterocycles. The molecule has 1 N–H and O–H groups in total. The van der Waals surface area contributed by atoms with Gasteiger partial charge in [-0.1, -0.05) is 0 Å². The lowest BCUT2D eigenvalue weighted by Crippen LogP contribution is -2.50. The van der Waals surface area contributed by atoms with Gasteiger partial charge in [-0.25, -0.2) is 4.39 Å². The van der Waals surface area contributed by atoms with Crippen LogP contribution in [-0.4, -0.2) is 25.7 Å². The van der Waals surface area contributed by atoms with E-state index in [0.717, 1.165) is 31.6 Å². The van der Waals surface area contributed by atoms with Crippen molar-refractivity contribution in [1.29, 1.82) is 5.26 Å². The van der Waals surface area contributed by atoms with Crippen LogP contribution in [0.5, 0.6) is 0 Å². The van der Waals surface area contributed by atoms with Crippen molar-refractivity contribution in [2.45, 2.75) is 25.3 Å². The molecule has 0 atom stereocenters. The Balaban J connectivity index is 2.15. The van der Waals surface area contributed by atoms with E-state index in [9.17, 15) is 4.39 Å². The molecule has 0 saturated carbocycles. The number of nitriles is 1. The summed E-state index contributed by atoms with van der Waals surface area (Å²) in [5.74, 6) is -0.342. The molecule has 0 bridgehead atoms. The molecule has 0 amide bonds. The highest BCUT2D eigenvalue weighted by Gasteiger charge is 2.28. The minimum atomic E-state index is -0.342. The van der Waals surface area contributed by atoms with E-state index in [1.54, 1.807) is 6.07 Å². The van der Waals surface area contributed by atoms with Crippen molar-refractivity contribution >= 4 is 5.69 Å². The van der Waals surface area contributed by atoms with Crippen LogP contribution in [0.25, 0.3) is 0 Å². The van der Waals surface area contributed by atoms with E-state index >= 15 is 0 Å². The number of nitrogens with one attached hydrogen (secondary N) is 1. The lowest BCUT2D eigenvalue weighted by Gasteiger charge is -2.40. The number of rotatable bonds is 2. The number of piperidine rings is 1. The lowest BCUT2D eigenvalue weighted by molar-refractivity contribution is 0.305. The predicted octanol–water partition coefficient (Wildman–Crippen LogP) is 2.28. The Bertz CT molecular complexity index is 470. The maximum absolute atomic E-state index is 13.4. The van der Waals surface area contributed by atoms with Crippen molar-refractivity contribution in [2.24, 2.45) is 0 Å². The zero-order chi connectivity index (χ0) is 13.2. The normalized spacial score (nSPS) is 18.4. The molecule has 4 heteroatoms. The van der Waals surface area contributed by atoms with Gasteiger partial charge in [-0.2, -0.15) is 5.26 Å². The van der Waals surface area contributed by atoms with E-state index in [1.165, 1.54) is 12.1 Å². The standard InChI is InChI=1S/C14H18FN3/c1-14(17-2)3-5-18(6-4-14)13-8-11(10-16)7-12(15)9-13/h7-9,17H,3-6H2,1-2H3. The first-order valence-corrected chi connectivity index (χ1v) is 6.21. The number of benzene rings is 1. The van der Waals surface area contributed by atoms with Gasteiger partial charge < -0.3 is 10.2 Å². The molecule has 1 saturated heterocycles. The summed E-state index contributed by atoms with van der Waals surface area (Å²) in [5, 5.41) is 12.2. The SMILES string of the molecule is CNC1(C)CCN(c2cc(F)cc(C#N)c2)CC1. The Morgan fingerprint density at radius 3 is 2.56 bits per heavy atom. The monoisotopic (exact) mass is 247 g/mol. The number of anilines is 1. The Labute approximate surface area is 107 Å². The molecule has 2 rings (SSSR count). The van der Waals surface area contributed by atoms with Gasteiger partial charge in [0.05, 0.1) is 11.6 Å². The summed E-state index contributed by atoms with van der Waals surface area (Å²) < 4.78 is 13.4. The van der Waals surface area contributed by atoms with Gasteiger partial charge in [0.15, 0.2) is 0 Å². The molecule has 3 nitrogen and oxygen atoms in total. The summed E-state index contributed by atoms with van der Waals surface area (Å²) in [6.45, 7) is 3.97. The summed E-state index contributed by atoms with van der Waals surface area (Å²) in [5.41, 5.74) is 1.36. The van der Waals surface area contributed by atoms with E-state index < -0.39 is 0 Å². The second-order valence-electron chi connectivity index (χ2n) is 5.11. The van der Waals surface area contributed by atoms with Crippen LogP contribution >= 0.6 is 0 Å². The average Bonchev–Trinajstić information content (AvgIpc) is 2.39. The molecule has 1 fully saturated rings. The molecule has 0 spiro atoms. The van der Waals surface area contributed by atoms with E-state index in [0.29, 0.717) is 5.56 Å². The maximum atomic E-state index is 13.4. The predicted molar refractivity (Wildman–Crippen MR) is 70.0 cm³/mol. The molecule has 1 aliphatic rings. The van der Waals surface area contributed by atoms with Crippen LogP contribution in [-0.2, 0) is 0 Å². The van der Waals surface area contributed by atoms with Crippen LogP contribution in [0.15, 0.2) is 18.2 Å². The highest BCUT2D eigenvalue weighted by Crippen LogP contribution is 2.26. The van der Waals surface area contributed by atoms with Crippen molar-refractivity contribution in [2.75, 3.05) is 25.0 Å². The molecule has 1 aliphatic heterocycles. The van der Waals surface area contributed by atoms with Crippen molar-refractivity contribution < 1.29 is 4.39 Å². The van der Waals surface area contributed by atoms with Crippen LogP contribution in [0.4, 0.5) is 10.1 Å². The van der Waals surface area contributed by atoms with E-state index in [-0.39, 0.29) is 11.4 Å². The Kier molecular flexibility index (Phi) is 3.53. The van der Waals surface area contributed by atoms with Crippen molar-refractivity contribution in [1.82, 2.24) is 5.32 Å². The second-order valence-corrected chi connectivity index (χ2v) is 5.11. The third kappa shape index (κ3) is 2.62. The number of hydrogen-bond acceptors (Lipinski definition) is 3. The van der Waals surface area contributed by atoms with Gasteiger partial charge in [0.2, 0.25) is 0 Å². The van der Waals surface area contributed by atoms with Crippen molar-refractivity contribution in [3.8, 4) is 6.07 Å². The molecule has 1 aromatic rings. The third-order valence-corrected chi connectivity index (χ3v) is 3.85. The highest BCUT2D eigenvalue weighted by molar-refractivity contribution is 5.52. The number of nitrogens with zero attached hydrogens (tertiary/aromatic N) is 2. The van der Waals surface area contributed by atoms with Crippen LogP contribution in [0.1, 0.15) is 25.3 Å². The van der Waals surface area contributed by atoms with Crippen LogP contribution in [0.2, 0.25) is 0 Å². The smallest absolute Gasteiger partial charge is 0.126 e. The van der Waals surface area contributed by atoms with Gasteiger partial charge in [-0.05, 0) is 45.0 Å². The first kappa shape index (κ1) is 12.8. The summed E-state index contributed by atoms with van der Waals surface area (Å²) in [6, 6.07) is 6.52. The molecule has 0 radical (unpaired) electrons. The first-order valence-electron chi connectivity index (χ1n) is 6.21. The summed E-state index contributed by atoms with van der Waals surface area (Å²) in [7, 11) is 1.98. The lowest BCUT2D eigenvalue weighted by atomic mass is 9.89. The van der Waals surface area contributed by atoms with E-state index in [2.05, 4.69) is 17.1 Å². The fraction of sp³-hybridized carbons (Fsp3) is 0.500. The first-order chi connectivity index (χ1) is 8.56. The minimum Gasteiger partial charge on any atom is -0.371 e. The molecule has 18 heavy (non-hydrogen) atoms. The van der Waals surface area contributed by atoms with Crippen molar-refractivity contribution in [3.63, 3.8) is 0 Å². The van der Waals surface area contributed by atoms with Crippen molar-refractivity contribution in [3.05, 3.63) is 29.6 Å². The summed E-state index contributed by atoms with van der Waals surface area (Å²) in [6.07, 6.45) is 2.03. The zero-order valence-corrected chi connectivity index (χ0v) is 10.8. The average molecular weight is 247 g/mol. The third-order valence-electron chi connectivity index (χ3n) is 3.85. The van der Waals surface area contributed by atoms with Gasteiger partial charge >= 0.3 is 0 Å². The molecule has 0 aromatic heterocycles. The Morgan fingerprint density at radius 2 is 2.00 bits per heavy atom. The second kappa shape index (κ2) is 4.95. The fourth-order valence-electron chi connectivity index (χ4n) is 2.33. The molecule has 1 aromatic carbocycles. The number of halogens is 1. The summed E-state index contributed by atoms with van der Waals surface area (Å²) >= 11 is 0. The van der Waals surface area contributed by atoms with E-state index in [1.807, 2.05) is 13.1 Å². The van der Waals surface area contributed by atoms with Gasteiger partial charge in [-0.15, -0.1) is 0 Å². The fourth-order valence-corrected chi connectivity index (χ4v) is 2.33. The van der Waals surface area contributed by atoms with Gasteiger partial charge in [0, 0.05) is 24.3 Å². The van der Waals surface area contributed by atoms with Gasteiger partial charge in [-0.3, -0.25) is 0 Å². The molecule has 0 unspecified atom stereocenters. The van der Waals surface area contributed by atoms with E-state index in [4.69, 9.17) is 5.26 Å². The summed E-state index contributed by atoms with van der Waals surface area (Å²) in [4.78, 5) is 2.14.